The maximum atomic E-state index is 11.4. The van der Waals surface area contributed by atoms with Gasteiger partial charge < -0.3 is 25.4 Å². The summed E-state index contributed by atoms with van der Waals surface area (Å²) >= 11 is 0. The SMILES string of the molecule is NS(=O)(=O)c1cccc(CCCOCCCCCCCNCC(O)c2ccc(O)c(CO)n2)c1. The molecule has 190 valence electrons. The topological polar surface area (TPSA) is 155 Å². The van der Waals surface area contributed by atoms with Crippen molar-refractivity contribution in [2.75, 3.05) is 26.3 Å². The van der Waals surface area contributed by atoms with E-state index in [9.17, 15) is 18.6 Å². The molecule has 0 fully saturated rings. The van der Waals surface area contributed by atoms with Crippen LogP contribution in [-0.4, -0.2) is 55.0 Å². The van der Waals surface area contributed by atoms with E-state index in [4.69, 9.17) is 15.0 Å². The molecule has 0 bridgehead atoms. The van der Waals surface area contributed by atoms with Crippen molar-refractivity contribution in [1.82, 2.24) is 10.3 Å². The number of unbranched alkanes of at least 4 members (excludes halogenated alkanes) is 4. The maximum absolute atomic E-state index is 11.4. The highest BCUT2D eigenvalue weighted by atomic mass is 32.2. The second-order valence-corrected chi connectivity index (χ2v) is 9.82. The molecule has 10 heteroatoms. The summed E-state index contributed by atoms with van der Waals surface area (Å²) in [5, 5.41) is 37.2. The number of primary sulfonamides is 1. The van der Waals surface area contributed by atoms with Crippen molar-refractivity contribution in [3.63, 3.8) is 0 Å². The van der Waals surface area contributed by atoms with Gasteiger partial charge in [-0.1, -0.05) is 31.4 Å². The molecule has 1 aromatic carbocycles. The van der Waals surface area contributed by atoms with Crippen LogP contribution in [0.1, 0.15) is 61.6 Å². The van der Waals surface area contributed by atoms with E-state index >= 15 is 0 Å². The second kappa shape index (κ2) is 15.0. The van der Waals surface area contributed by atoms with Gasteiger partial charge in [0.15, 0.2) is 0 Å². The molecule has 1 atom stereocenters. The molecule has 0 aliphatic rings. The quantitative estimate of drug-likeness (QED) is 0.209. The van der Waals surface area contributed by atoms with Gasteiger partial charge in [0.05, 0.1) is 17.2 Å². The van der Waals surface area contributed by atoms with Gasteiger partial charge in [-0.2, -0.15) is 0 Å². The van der Waals surface area contributed by atoms with E-state index in [2.05, 4.69) is 10.3 Å². The van der Waals surface area contributed by atoms with E-state index in [0.29, 0.717) is 18.8 Å². The molecule has 2 aromatic rings. The summed E-state index contributed by atoms with van der Waals surface area (Å²) in [7, 11) is -3.66. The normalized spacial score (nSPS) is 12.7. The van der Waals surface area contributed by atoms with Crippen molar-refractivity contribution in [3.8, 4) is 5.75 Å². The Morgan fingerprint density at radius 3 is 2.53 bits per heavy atom. The van der Waals surface area contributed by atoms with E-state index in [1.165, 1.54) is 12.1 Å². The van der Waals surface area contributed by atoms with Crippen molar-refractivity contribution in [2.24, 2.45) is 5.14 Å². The molecule has 1 aromatic heterocycles. The van der Waals surface area contributed by atoms with Crippen molar-refractivity contribution in [2.45, 2.75) is 62.6 Å². The fourth-order valence-electron chi connectivity index (χ4n) is 3.50. The van der Waals surface area contributed by atoms with Crippen LogP contribution in [0.3, 0.4) is 0 Å². The van der Waals surface area contributed by atoms with Crippen LogP contribution in [0, 0.1) is 0 Å². The molecule has 1 unspecified atom stereocenters. The molecule has 1 heterocycles. The van der Waals surface area contributed by atoms with Crippen LogP contribution >= 0.6 is 0 Å². The molecule has 0 radical (unpaired) electrons. The third-order valence-corrected chi connectivity index (χ3v) is 6.33. The van der Waals surface area contributed by atoms with Crippen LogP contribution in [-0.2, 0) is 27.8 Å². The van der Waals surface area contributed by atoms with Crippen LogP contribution in [0.15, 0.2) is 41.3 Å². The maximum Gasteiger partial charge on any atom is 0.238 e. The standard InChI is InChI=1S/C24H37N3O6S/c25-34(31,32)20-10-6-8-19(16-20)9-7-15-33-14-5-3-1-2-4-13-26-17-24(30)21-11-12-23(29)22(18-28)27-21/h6,8,10-12,16,24,26,28-30H,1-5,7,9,13-15,17-18H2,(H2,25,31,32). The number of pyridine rings is 1. The lowest BCUT2D eigenvalue weighted by atomic mass is 10.1. The second-order valence-electron chi connectivity index (χ2n) is 8.26. The fourth-order valence-corrected chi connectivity index (χ4v) is 4.08. The average Bonchev–Trinajstić information content (AvgIpc) is 2.81. The number of hydrogen-bond donors (Lipinski definition) is 5. The summed E-state index contributed by atoms with van der Waals surface area (Å²) in [6.07, 6.45) is 6.11. The van der Waals surface area contributed by atoms with Gasteiger partial charge >= 0.3 is 0 Å². The van der Waals surface area contributed by atoms with E-state index in [1.807, 2.05) is 6.07 Å². The van der Waals surface area contributed by atoms with Gasteiger partial charge in [-0.3, -0.25) is 0 Å². The predicted octanol–water partition coefficient (Wildman–Crippen LogP) is 2.15. The lowest BCUT2D eigenvalue weighted by molar-refractivity contribution is 0.127. The van der Waals surface area contributed by atoms with Gasteiger partial charge in [0.1, 0.15) is 17.5 Å². The first-order valence-electron chi connectivity index (χ1n) is 11.7. The first kappa shape index (κ1) is 28.2. The number of nitrogens with zero attached hydrogens (tertiary/aromatic N) is 1. The lowest BCUT2D eigenvalue weighted by Crippen LogP contribution is -2.23. The largest absolute Gasteiger partial charge is 0.506 e. The monoisotopic (exact) mass is 495 g/mol. The highest BCUT2D eigenvalue weighted by molar-refractivity contribution is 7.89. The zero-order chi connectivity index (χ0) is 24.8. The van der Waals surface area contributed by atoms with Crippen molar-refractivity contribution in [1.29, 1.82) is 0 Å². The van der Waals surface area contributed by atoms with Crippen LogP contribution in [0.2, 0.25) is 0 Å². The number of aromatic hydroxyl groups is 1. The van der Waals surface area contributed by atoms with Crippen molar-refractivity contribution in [3.05, 3.63) is 53.3 Å². The summed E-state index contributed by atoms with van der Waals surface area (Å²) in [6, 6.07) is 9.68. The number of aryl methyl sites for hydroxylation is 1. The molecular formula is C24H37N3O6S. The highest BCUT2D eigenvalue weighted by Gasteiger charge is 2.11. The molecule has 6 N–H and O–H groups in total. The Labute approximate surface area is 202 Å². The minimum Gasteiger partial charge on any atom is -0.506 e. The Bertz CT molecular complexity index is 971. The van der Waals surface area contributed by atoms with Crippen LogP contribution < -0.4 is 10.5 Å². The predicted molar refractivity (Wildman–Crippen MR) is 130 cm³/mol. The minimum atomic E-state index is -3.66. The smallest absolute Gasteiger partial charge is 0.238 e. The van der Waals surface area contributed by atoms with Crippen LogP contribution in [0.4, 0.5) is 0 Å². The first-order valence-corrected chi connectivity index (χ1v) is 13.2. The minimum absolute atomic E-state index is 0.0788. The van der Waals surface area contributed by atoms with Crippen LogP contribution in [0.5, 0.6) is 5.75 Å². The third kappa shape index (κ3) is 10.5. The zero-order valence-corrected chi connectivity index (χ0v) is 20.3. The summed E-state index contributed by atoms with van der Waals surface area (Å²) in [6.45, 7) is 2.15. The van der Waals surface area contributed by atoms with Crippen LogP contribution in [0.25, 0.3) is 0 Å². The molecule has 0 aliphatic heterocycles. The fraction of sp³-hybridized carbons (Fsp3) is 0.542. The van der Waals surface area contributed by atoms with Gasteiger partial charge in [-0.05, 0) is 62.1 Å². The first-order chi connectivity index (χ1) is 16.3. The molecule has 0 saturated heterocycles. The Balaban J connectivity index is 1.43. The number of hydrogen-bond acceptors (Lipinski definition) is 8. The van der Waals surface area contributed by atoms with Gasteiger partial charge in [0.25, 0.3) is 0 Å². The number of ether oxygens (including phenoxy) is 1. The summed E-state index contributed by atoms with van der Waals surface area (Å²) in [5.41, 5.74) is 1.52. The zero-order valence-electron chi connectivity index (χ0n) is 19.5. The molecule has 34 heavy (non-hydrogen) atoms. The molecule has 0 spiro atoms. The third-order valence-electron chi connectivity index (χ3n) is 5.42. The van der Waals surface area contributed by atoms with Crippen molar-refractivity contribution < 1.29 is 28.5 Å². The number of sulfonamides is 1. The Hall–Kier alpha value is -2.08. The van der Waals surface area contributed by atoms with Gasteiger partial charge in [0.2, 0.25) is 10.0 Å². The Kier molecular flexibility index (Phi) is 12.4. The summed E-state index contributed by atoms with van der Waals surface area (Å²) < 4.78 is 28.5. The molecular weight excluding hydrogens is 458 g/mol. The lowest BCUT2D eigenvalue weighted by Gasteiger charge is -2.13. The number of nitrogens with one attached hydrogen (secondary N) is 1. The molecule has 9 nitrogen and oxygen atoms in total. The number of nitrogens with two attached hydrogens (primary N) is 1. The Morgan fingerprint density at radius 2 is 1.76 bits per heavy atom. The van der Waals surface area contributed by atoms with E-state index in [0.717, 1.165) is 63.7 Å². The molecule has 0 aliphatic carbocycles. The number of aliphatic hydroxyl groups is 2. The van der Waals surface area contributed by atoms with E-state index in [1.54, 1.807) is 18.2 Å². The summed E-state index contributed by atoms with van der Waals surface area (Å²) in [5.74, 6) is -0.0788. The molecule has 0 saturated carbocycles. The van der Waals surface area contributed by atoms with E-state index < -0.39 is 16.1 Å². The number of aromatic nitrogens is 1. The van der Waals surface area contributed by atoms with Crippen molar-refractivity contribution >= 4 is 10.0 Å². The van der Waals surface area contributed by atoms with E-state index in [-0.39, 0.29) is 22.9 Å². The van der Waals surface area contributed by atoms with Gasteiger partial charge in [-0.25, -0.2) is 18.5 Å². The number of benzene rings is 1. The molecule has 0 amide bonds. The molecule has 2 rings (SSSR count). The number of aliphatic hydroxyl groups excluding tert-OH is 2. The van der Waals surface area contributed by atoms with Gasteiger partial charge in [0, 0.05) is 19.8 Å². The van der Waals surface area contributed by atoms with Gasteiger partial charge in [-0.15, -0.1) is 0 Å². The summed E-state index contributed by atoms with van der Waals surface area (Å²) in [4.78, 5) is 4.21. The average molecular weight is 496 g/mol. The highest BCUT2D eigenvalue weighted by Crippen LogP contribution is 2.18. The number of rotatable bonds is 17. The Morgan fingerprint density at radius 1 is 1.03 bits per heavy atom.